The van der Waals surface area contributed by atoms with E-state index in [2.05, 4.69) is 30.3 Å². The first kappa shape index (κ1) is 13.5. The maximum absolute atomic E-state index is 9.54. The molecule has 1 nitrogen and oxygen atoms in total. The largest absolute Gasteiger partial charge is 0.197 e. The fourth-order valence-corrected chi connectivity index (χ4v) is 4.23. The highest BCUT2D eigenvalue weighted by atomic mass is 35.5. The lowest BCUT2D eigenvalue weighted by Crippen LogP contribution is -2.38. The van der Waals surface area contributed by atoms with Crippen LogP contribution in [-0.2, 0) is 0 Å². The molecule has 3 rings (SSSR count). The van der Waals surface area contributed by atoms with Crippen LogP contribution in [0.5, 0.6) is 0 Å². The summed E-state index contributed by atoms with van der Waals surface area (Å²) in [4.78, 5) is 1.00. The third-order valence-corrected chi connectivity index (χ3v) is 5.60. The molecule has 0 amide bonds. The highest BCUT2D eigenvalue weighted by molar-refractivity contribution is 8.01. The van der Waals surface area contributed by atoms with Crippen molar-refractivity contribution in [1.29, 1.82) is 5.26 Å². The molecule has 1 fully saturated rings. The molecular formula is C17H14ClNS. The molecule has 100 valence electrons. The van der Waals surface area contributed by atoms with Crippen molar-refractivity contribution >= 4 is 23.4 Å². The van der Waals surface area contributed by atoms with Crippen molar-refractivity contribution < 1.29 is 0 Å². The molecule has 0 spiro atoms. The third kappa shape index (κ3) is 2.57. The van der Waals surface area contributed by atoms with Gasteiger partial charge in [0.15, 0.2) is 0 Å². The van der Waals surface area contributed by atoms with Crippen LogP contribution in [0.25, 0.3) is 0 Å². The minimum absolute atomic E-state index is 0.328. The van der Waals surface area contributed by atoms with Crippen LogP contribution < -0.4 is 0 Å². The van der Waals surface area contributed by atoms with Gasteiger partial charge in [-0.1, -0.05) is 54.1 Å². The van der Waals surface area contributed by atoms with Crippen molar-refractivity contribution in [2.24, 2.45) is 0 Å². The van der Waals surface area contributed by atoms with E-state index in [9.17, 15) is 5.26 Å². The summed E-state index contributed by atoms with van der Waals surface area (Å²) in [5.74, 6) is 0.492. The molecule has 0 heterocycles. The Morgan fingerprint density at radius 3 is 2.35 bits per heavy atom. The fraction of sp³-hybridized carbons (Fsp3) is 0.235. The Balaban J connectivity index is 1.74. The maximum Gasteiger partial charge on any atom is 0.108 e. The number of hydrogen-bond acceptors (Lipinski definition) is 2. The molecule has 0 radical (unpaired) electrons. The van der Waals surface area contributed by atoms with E-state index in [0.29, 0.717) is 5.92 Å². The van der Waals surface area contributed by atoms with Gasteiger partial charge >= 0.3 is 0 Å². The number of thioether (sulfide) groups is 1. The van der Waals surface area contributed by atoms with Crippen LogP contribution in [0.4, 0.5) is 0 Å². The molecule has 0 N–H and O–H groups in total. The van der Waals surface area contributed by atoms with Crippen molar-refractivity contribution in [3.05, 3.63) is 65.2 Å². The first-order chi connectivity index (χ1) is 9.72. The molecule has 2 aromatic rings. The minimum Gasteiger partial charge on any atom is -0.197 e. The van der Waals surface area contributed by atoms with E-state index >= 15 is 0 Å². The number of halogens is 1. The first-order valence-electron chi connectivity index (χ1n) is 6.62. The quantitative estimate of drug-likeness (QED) is 0.770. The molecule has 0 atom stereocenters. The lowest BCUT2D eigenvalue weighted by atomic mass is 9.71. The summed E-state index contributed by atoms with van der Waals surface area (Å²) in [6.45, 7) is 0. The summed E-state index contributed by atoms with van der Waals surface area (Å²) in [5, 5.41) is 10.3. The Bertz CT molecular complexity index is 642. The second-order valence-corrected chi connectivity index (χ2v) is 6.99. The molecule has 1 saturated carbocycles. The van der Waals surface area contributed by atoms with Crippen molar-refractivity contribution in [3.63, 3.8) is 0 Å². The summed E-state index contributed by atoms with van der Waals surface area (Å²) in [6.07, 6.45) is 1.78. The van der Waals surface area contributed by atoms with Crippen LogP contribution in [0.2, 0.25) is 5.02 Å². The van der Waals surface area contributed by atoms with Gasteiger partial charge in [0.05, 0.1) is 11.1 Å². The van der Waals surface area contributed by atoms with E-state index in [1.54, 1.807) is 11.8 Å². The van der Waals surface area contributed by atoms with Crippen LogP contribution in [0.3, 0.4) is 0 Å². The Hall–Kier alpha value is -1.43. The third-order valence-electron chi connectivity index (χ3n) is 3.77. The lowest BCUT2D eigenvalue weighted by Gasteiger charge is -2.42. The van der Waals surface area contributed by atoms with Crippen LogP contribution in [0, 0.1) is 11.3 Å². The number of nitriles is 1. The Labute approximate surface area is 128 Å². The fourth-order valence-electron chi connectivity index (χ4n) is 2.63. The number of hydrogen-bond donors (Lipinski definition) is 0. The van der Waals surface area contributed by atoms with Gasteiger partial charge in [-0.05, 0) is 36.5 Å². The second-order valence-electron chi connectivity index (χ2n) is 5.15. The van der Waals surface area contributed by atoms with Gasteiger partial charge in [-0.25, -0.2) is 0 Å². The van der Waals surface area contributed by atoms with Gasteiger partial charge in [0.1, 0.15) is 4.75 Å². The highest BCUT2D eigenvalue weighted by Crippen LogP contribution is 2.55. The molecule has 20 heavy (non-hydrogen) atoms. The minimum atomic E-state index is -0.328. The van der Waals surface area contributed by atoms with Crippen molar-refractivity contribution in [2.45, 2.75) is 28.4 Å². The maximum atomic E-state index is 9.54. The SMILES string of the molecule is N#CC1(Sc2ccccc2Cl)CC(c2ccccc2)C1. The van der Waals surface area contributed by atoms with Gasteiger partial charge in [0.2, 0.25) is 0 Å². The second kappa shape index (κ2) is 5.52. The number of benzene rings is 2. The molecule has 0 aliphatic heterocycles. The van der Waals surface area contributed by atoms with Gasteiger partial charge in [0.25, 0.3) is 0 Å². The summed E-state index contributed by atoms with van der Waals surface area (Å²) in [7, 11) is 0. The molecule has 0 aromatic heterocycles. The van der Waals surface area contributed by atoms with E-state index < -0.39 is 0 Å². The Kier molecular flexibility index (Phi) is 3.74. The Morgan fingerprint density at radius 2 is 1.70 bits per heavy atom. The predicted octanol–water partition coefficient (Wildman–Crippen LogP) is 5.27. The van der Waals surface area contributed by atoms with Crippen LogP contribution in [-0.4, -0.2) is 4.75 Å². The molecular weight excluding hydrogens is 286 g/mol. The van der Waals surface area contributed by atoms with Gasteiger partial charge in [-0.3, -0.25) is 0 Å². The zero-order chi connectivity index (χ0) is 14.0. The van der Waals surface area contributed by atoms with Gasteiger partial charge in [-0.2, -0.15) is 5.26 Å². The van der Waals surface area contributed by atoms with Crippen molar-refractivity contribution in [1.82, 2.24) is 0 Å². The monoisotopic (exact) mass is 299 g/mol. The van der Waals surface area contributed by atoms with E-state index in [1.165, 1.54) is 5.56 Å². The normalized spacial score (nSPS) is 24.7. The lowest BCUT2D eigenvalue weighted by molar-refractivity contribution is 0.368. The van der Waals surface area contributed by atoms with Gasteiger partial charge < -0.3 is 0 Å². The van der Waals surface area contributed by atoms with Crippen molar-refractivity contribution in [2.75, 3.05) is 0 Å². The Morgan fingerprint density at radius 1 is 1.05 bits per heavy atom. The smallest absolute Gasteiger partial charge is 0.108 e. The summed E-state index contributed by atoms with van der Waals surface area (Å²) in [6, 6.07) is 20.7. The van der Waals surface area contributed by atoms with E-state index in [1.807, 2.05) is 30.3 Å². The van der Waals surface area contributed by atoms with E-state index in [-0.39, 0.29) is 4.75 Å². The van der Waals surface area contributed by atoms with Gasteiger partial charge in [0, 0.05) is 4.90 Å². The molecule has 1 aliphatic carbocycles. The van der Waals surface area contributed by atoms with Crippen LogP contribution in [0.1, 0.15) is 24.3 Å². The van der Waals surface area contributed by atoms with Gasteiger partial charge in [-0.15, -0.1) is 11.8 Å². The molecule has 0 unspecified atom stereocenters. The van der Waals surface area contributed by atoms with Crippen LogP contribution in [0.15, 0.2) is 59.5 Å². The molecule has 3 heteroatoms. The summed E-state index contributed by atoms with van der Waals surface area (Å²) < 4.78 is -0.328. The number of rotatable bonds is 3. The first-order valence-corrected chi connectivity index (χ1v) is 7.82. The molecule has 1 aliphatic rings. The average Bonchev–Trinajstić information content (AvgIpc) is 2.45. The van der Waals surface area contributed by atoms with E-state index in [4.69, 9.17) is 11.6 Å². The average molecular weight is 300 g/mol. The zero-order valence-corrected chi connectivity index (χ0v) is 12.5. The predicted molar refractivity (Wildman–Crippen MR) is 84.1 cm³/mol. The zero-order valence-electron chi connectivity index (χ0n) is 10.9. The van der Waals surface area contributed by atoms with Crippen molar-refractivity contribution in [3.8, 4) is 6.07 Å². The summed E-state index contributed by atoms with van der Waals surface area (Å²) in [5.41, 5.74) is 1.33. The summed E-state index contributed by atoms with van der Waals surface area (Å²) >= 11 is 7.80. The topological polar surface area (TPSA) is 23.8 Å². The molecule has 0 saturated heterocycles. The molecule has 2 aromatic carbocycles. The number of nitrogens with zero attached hydrogens (tertiary/aromatic N) is 1. The molecule has 0 bridgehead atoms. The highest BCUT2D eigenvalue weighted by Gasteiger charge is 2.46. The van der Waals surface area contributed by atoms with Crippen LogP contribution >= 0.6 is 23.4 Å². The standard InChI is InChI=1S/C17H14ClNS/c18-15-8-4-5-9-16(15)20-17(12-19)10-14(11-17)13-6-2-1-3-7-13/h1-9,14H,10-11H2. The van der Waals surface area contributed by atoms with E-state index in [0.717, 1.165) is 22.8 Å².